The molecule has 0 radical (unpaired) electrons. The van der Waals surface area contributed by atoms with Gasteiger partial charge in [0.15, 0.2) is 0 Å². The zero-order chi connectivity index (χ0) is 35.5. The Kier molecular flexibility index (Phi) is 14.3. The monoisotopic (exact) mass is 667 g/mol. The molecule has 17 heteroatoms. The standard InChI is InChI=1S/C30H43F2N7O8/c1-7-9-19(24(41)30(31,32)29(46)34-8-2)36-26(43)21-12-18(47-15-40)14-39(21)28(45)23(17(5)6)38-27(44)22(16(3)4)37-25(42)20-13-33-10-11-35-20/h10-11,13,15-19,21-23H,7-9,12,14H2,1-6H3,(H,34,46)(H,36,43)(H,37,42)(H,38,44)/t18-,19+,21+,22+,23+/m1/s1. The van der Waals surface area contributed by atoms with Gasteiger partial charge in [-0.15, -0.1) is 0 Å². The van der Waals surface area contributed by atoms with E-state index in [1.807, 2.05) is 5.32 Å². The Balaban J connectivity index is 2.32. The van der Waals surface area contributed by atoms with Crippen molar-refractivity contribution in [3.63, 3.8) is 0 Å². The van der Waals surface area contributed by atoms with E-state index < -0.39 is 83.3 Å². The third-order valence-electron chi connectivity index (χ3n) is 7.50. The molecular weight excluding hydrogens is 624 g/mol. The fourth-order valence-corrected chi connectivity index (χ4v) is 5.00. The minimum absolute atomic E-state index is 0.0295. The number of aromatic nitrogens is 2. The Morgan fingerprint density at radius 2 is 1.68 bits per heavy atom. The zero-order valence-electron chi connectivity index (χ0n) is 27.2. The van der Waals surface area contributed by atoms with Crippen molar-refractivity contribution in [3.05, 3.63) is 24.3 Å². The van der Waals surface area contributed by atoms with Gasteiger partial charge >= 0.3 is 5.92 Å². The molecule has 1 saturated heterocycles. The van der Waals surface area contributed by atoms with Crippen molar-refractivity contribution in [1.82, 2.24) is 36.1 Å². The molecule has 0 saturated carbocycles. The van der Waals surface area contributed by atoms with Gasteiger partial charge in [0.2, 0.25) is 23.5 Å². The minimum atomic E-state index is -4.43. The van der Waals surface area contributed by atoms with E-state index >= 15 is 0 Å². The van der Waals surface area contributed by atoms with E-state index in [0.717, 1.165) is 4.90 Å². The lowest BCUT2D eigenvalue weighted by atomic mass is 9.98. The molecule has 1 aliphatic rings. The molecule has 0 aliphatic carbocycles. The van der Waals surface area contributed by atoms with Crippen molar-refractivity contribution in [3.8, 4) is 0 Å². The summed E-state index contributed by atoms with van der Waals surface area (Å²) in [7, 11) is 0. The second-order valence-corrected chi connectivity index (χ2v) is 11.8. The molecule has 2 rings (SSSR count). The Morgan fingerprint density at radius 3 is 2.21 bits per heavy atom. The number of nitrogens with zero attached hydrogens (tertiary/aromatic N) is 3. The van der Waals surface area contributed by atoms with Gasteiger partial charge in [-0.2, -0.15) is 8.78 Å². The van der Waals surface area contributed by atoms with Crippen molar-refractivity contribution < 1.29 is 47.1 Å². The number of ketones is 1. The van der Waals surface area contributed by atoms with E-state index in [4.69, 9.17) is 4.74 Å². The number of likely N-dealkylation sites (tertiary alicyclic amines) is 1. The summed E-state index contributed by atoms with van der Waals surface area (Å²) in [5.41, 5.74) is -0.0295. The topological polar surface area (TPSA) is 206 Å². The maximum atomic E-state index is 14.7. The summed E-state index contributed by atoms with van der Waals surface area (Å²) in [6, 6.07) is -5.49. The zero-order valence-corrected chi connectivity index (χ0v) is 27.2. The first-order valence-electron chi connectivity index (χ1n) is 15.4. The van der Waals surface area contributed by atoms with Gasteiger partial charge in [-0.05, 0) is 25.2 Å². The summed E-state index contributed by atoms with van der Waals surface area (Å²) in [5.74, 6) is -12.1. The number of alkyl halides is 2. The lowest BCUT2D eigenvalue weighted by molar-refractivity contribution is -0.160. The third kappa shape index (κ3) is 9.96. The second-order valence-electron chi connectivity index (χ2n) is 11.8. The summed E-state index contributed by atoms with van der Waals surface area (Å²) in [5, 5.41) is 9.38. The highest BCUT2D eigenvalue weighted by atomic mass is 19.3. The van der Waals surface area contributed by atoms with E-state index in [0.29, 0.717) is 0 Å². The molecule has 47 heavy (non-hydrogen) atoms. The molecule has 0 spiro atoms. The van der Waals surface area contributed by atoms with Gasteiger partial charge in [-0.25, -0.2) is 4.98 Å². The van der Waals surface area contributed by atoms with Gasteiger partial charge in [0.25, 0.3) is 18.3 Å². The lowest BCUT2D eigenvalue weighted by Gasteiger charge is -2.32. The largest absolute Gasteiger partial charge is 0.463 e. The van der Waals surface area contributed by atoms with Crippen LogP contribution in [-0.2, 0) is 33.5 Å². The number of ether oxygens (including phenoxy) is 1. The molecular formula is C30H43F2N7O8. The van der Waals surface area contributed by atoms with Crippen LogP contribution in [0.2, 0.25) is 0 Å². The maximum absolute atomic E-state index is 14.7. The van der Waals surface area contributed by atoms with Crippen molar-refractivity contribution in [1.29, 1.82) is 0 Å². The SMILES string of the molecule is CCC[C@H](NC(=O)[C@@H]1C[C@@H](OC=O)CN1C(=O)[C@@H](NC(=O)[C@@H](NC(=O)c1cnccn1)C(C)C)C(C)C)C(=O)C(F)(F)C(=O)NCC. The molecule has 0 aromatic carbocycles. The van der Waals surface area contributed by atoms with Crippen LogP contribution in [0.1, 0.15) is 71.3 Å². The summed E-state index contributed by atoms with van der Waals surface area (Å²) >= 11 is 0. The predicted molar refractivity (Wildman–Crippen MR) is 161 cm³/mol. The second kappa shape index (κ2) is 17.4. The van der Waals surface area contributed by atoms with E-state index in [1.54, 1.807) is 34.6 Å². The molecule has 15 nitrogen and oxygen atoms in total. The first-order valence-corrected chi connectivity index (χ1v) is 15.4. The normalized spacial score (nSPS) is 18.1. The number of hydrogen-bond acceptors (Lipinski definition) is 10. The van der Waals surface area contributed by atoms with Gasteiger partial charge < -0.3 is 30.9 Å². The highest BCUT2D eigenvalue weighted by Crippen LogP contribution is 2.25. The number of carbonyl (C=O) groups is 7. The predicted octanol–water partition coefficient (Wildman–Crippen LogP) is 0.140. The Bertz CT molecular complexity index is 1300. The van der Waals surface area contributed by atoms with Crippen LogP contribution in [0.15, 0.2) is 18.6 Å². The molecule has 0 bridgehead atoms. The highest BCUT2D eigenvalue weighted by molar-refractivity contribution is 6.10. The molecule has 1 aliphatic heterocycles. The number of nitrogens with one attached hydrogen (secondary N) is 4. The van der Waals surface area contributed by atoms with Crippen LogP contribution in [0, 0.1) is 11.8 Å². The van der Waals surface area contributed by atoms with Crippen molar-refractivity contribution in [2.75, 3.05) is 13.1 Å². The fraction of sp³-hybridized carbons (Fsp3) is 0.633. The van der Waals surface area contributed by atoms with E-state index in [-0.39, 0.29) is 44.5 Å². The summed E-state index contributed by atoms with van der Waals surface area (Å²) < 4.78 is 34.4. The molecule has 1 aromatic heterocycles. The van der Waals surface area contributed by atoms with E-state index in [2.05, 4.69) is 25.9 Å². The number of rotatable bonds is 17. The molecule has 5 amide bonds. The first kappa shape index (κ1) is 38.6. The van der Waals surface area contributed by atoms with E-state index in [9.17, 15) is 42.3 Å². The van der Waals surface area contributed by atoms with Gasteiger partial charge in [-0.3, -0.25) is 38.5 Å². The average Bonchev–Trinajstić information content (AvgIpc) is 3.45. The third-order valence-corrected chi connectivity index (χ3v) is 7.50. The summed E-state index contributed by atoms with van der Waals surface area (Å²) in [6.07, 6.45) is 2.70. The highest BCUT2D eigenvalue weighted by Gasteiger charge is 2.51. The maximum Gasteiger partial charge on any atom is 0.383 e. The first-order chi connectivity index (χ1) is 22.1. The summed E-state index contributed by atoms with van der Waals surface area (Å²) in [4.78, 5) is 98.1. The molecule has 5 atom stereocenters. The Morgan fingerprint density at radius 1 is 1.02 bits per heavy atom. The van der Waals surface area contributed by atoms with Gasteiger partial charge in [-0.1, -0.05) is 41.0 Å². The van der Waals surface area contributed by atoms with Crippen LogP contribution in [0.25, 0.3) is 0 Å². The summed E-state index contributed by atoms with van der Waals surface area (Å²) in [6.45, 7) is 9.34. The van der Waals surface area contributed by atoms with Crippen LogP contribution in [0.5, 0.6) is 0 Å². The molecule has 1 fully saturated rings. The fourth-order valence-electron chi connectivity index (χ4n) is 5.00. The van der Waals surface area contributed by atoms with Crippen LogP contribution < -0.4 is 21.3 Å². The molecule has 0 unspecified atom stereocenters. The Hall–Kier alpha value is -4.57. The Labute approximate surface area is 271 Å². The number of hydrogen-bond donors (Lipinski definition) is 4. The van der Waals surface area contributed by atoms with Gasteiger partial charge in [0, 0.05) is 25.4 Å². The van der Waals surface area contributed by atoms with Crippen molar-refractivity contribution >= 4 is 41.8 Å². The van der Waals surface area contributed by atoms with Gasteiger partial charge in [0.1, 0.15) is 29.9 Å². The van der Waals surface area contributed by atoms with Crippen LogP contribution in [0.3, 0.4) is 0 Å². The van der Waals surface area contributed by atoms with Crippen LogP contribution in [-0.4, -0.2) is 106 Å². The van der Waals surface area contributed by atoms with E-state index in [1.165, 1.54) is 25.5 Å². The lowest BCUT2D eigenvalue weighted by Crippen LogP contribution is -2.60. The number of carbonyl (C=O) groups excluding carboxylic acids is 7. The van der Waals surface area contributed by atoms with Crippen molar-refractivity contribution in [2.45, 2.75) is 97.0 Å². The van der Waals surface area contributed by atoms with Crippen LogP contribution in [0.4, 0.5) is 8.78 Å². The van der Waals surface area contributed by atoms with Gasteiger partial charge in [0.05, 0.1) is 18.8 Å². The molecule has 4 N–H and O–H groups in total. The van der Waals surface area contributed by atoms with Crippen molar-refractivity contribution in [2.24, 2.45) is 11.8 Å². The number of halogens is 2. The number of amides is 5. The smallest absolute Gasteiger partial charge is 0.383 e. The number of Topliss-reactive ketones (excluding diaryl/α,β-unsaturated/α-hetero) is 1. The quantitative estimate of drug-likeness (QED) is 0.131. The molecule has 2 heterocycles. The molecule has 1 aromatic rings. The minimum Gasteiger partial charge on any atom is -0.463 e. The average molecular weight is 668 g/mol. The van der Waals surface area contributed by atoms with Crippen LogP contribution >= 0.6 is 0 Å². The molecule has 260 valence electrons.